The number of thioether (sulfide) groups is 1. The van der Waals surface area contributed by atoms with E-state index < -0.39 is 24.2 Å². The molecule has 0 atom stereocenters. The Labute approximate surface area is 157 Å². The second-order valence-corrected chi connectivity index (χ2v) is 6.36. The maximum absolute atomic E-state index is 12.2. The summed E-state index contributed by atoms with van der Waals surface area (Å²) in [6, 6.07) is 12.4. The monoisotopic (exact) mass is 401 g/mol. The van der Waals surface area contributed by atoms with E-state index in [-0.39, 0.29) is 6.61 Å². The number of amides is 1. The number of nitrogens with one attached hydrogen (secondary N) is 1. The number of alkyl halides is 2. The molecule has 5 nitrogen and oxygen atoms in total. The summed E-state index contributed by atoms with van der Waals surface area (Å²) in [7, 11) is 0. The molecule has 2 aromatic rings. The first-order chi connectivity index (χ1) is 12.4. The standard InChI is InChI=1S/C17H14ClF2NO4S/c18-11-2-1-3-13(8-11)24-10-16(23)25-9-15(22)21-12-4-6-14(7-5-12)26-17(19)20/h1-8,17H,9-10H2,(H,21,22). The summed E-state index contributed by atoms with van der Waals surface area (Å²) in [6.45, 7) is -0.863. The normalized spacial score (nSPS) is 10.5. The summed E-state index contributed by atoms with van der Waals surface area (Å²) in [6.07, 6.45) is 0. The van der Waals surface area contributed by atoms with Crippen LogP contribution in [0.3, 0.4) is 0 Å². The largest absolute Gasteiger partial charge is 0.482 e. The van der Waals surface area contributed by atoms with Gasteiger partial charge in [-0.1, -0.05) is 29.4 Å². The lowest BCUT2D eigenvalue weighted by molar-refractivity contribution is -0.149. The first-order valence-corrected chi connectivity index (χ1v) is 8.57. The molecule has 138 valence electrons. The molecule has 0 radical (unpaired) electrons. The lowest BCUT2D eigenvalue weighted by Crippen LogP contribution is -2.23. The number of carbonyl (C=O) groups excluding carboxylic acids is 2. The maximum atomic E-state index is 12.2. The molecule has 1 N–H and O–H groups in total. The number of rotatable bonds is 8. The van der Waals surface area contributed by atoms with Gasteiger partial charge in [0.15, 0.2) is 13.2 Å². The third kappa shape index (κ3) is 7.28. The van der Waals surface area contributed by atoms with E-state index in [2.05, 4.69) is 5.32 Å². The highest BCUT2D eigenvalue weighted by Crippen LogP contribution is 2.26. The van der Waals surface area contributed by atoms with Crippen LogP contribution in [0, 0.1) is 0 Å². The Hall–Kier alpha value is -2.32. The van der Waals surface area contributed by atoms with Crippen LogP contribution in [0.5, 0.6) is 5.75 Å². The average molecular weight is 402 g/mol. The van der Waals surface area contributed by atoms with E-state index >= 15 is 0 Å². The molecule has 0 fully saturated rings. The number of halogens is 3. The average Bonchev–Trinajstić information content (AvgIpc) is 2.59. The zero-order valence-corrected chi connectivity index (χ0v) is 14.9. The van der Waals surface area contributed by atoms with Crippen molar-refractivity contribution in [1.82, 2.24) is 0 Å². The van der Waals surface area contributed by atoms with E-state index in [1.54, 1.807) is 18.2 Å². The minimum absolute atomic E-state index is 0.368. The highest BCUT2D eigenvalue weighted by atomic mass is 35.5. The molecule has 2 aromatic carbocycles. The van der Waals surface area contributed by atoms with Gasteiger partial charge in [-0.2, -0.15) is 8.78 Å². The number of carbonyl (C=O) groups is 2. The van der Waals surface area contributed by atoms with E-state index in [0.29, 0.717) is 33.1 Å². The first kappa shape index (κ1) is 20.0. The van der Waals surface area contributed by atoms with E-state index in [9.17, 15) is 18.4 Å². The second-order valence-electron chi connectivity index (χ2n) is 4.86. The van der Waals surface area contributed by atoms with Crippen molar-refractivity contribution < 1.29 is 27.8 Å². The Morgan fingerprint density at radius 2 is 1.85 bits per heavy atom. The molecule has 0 aliphatic carbocycles. The molecule has 0 aliphatic heterocycles. The fourth-order valence-electron chi connectivity index (χ4n) is 1.80. The number of benzene rings is 2. The minimum atomic E-state index is -2.51. The summed E-state index contributed by atoms with van der Waals surface area (Å²) in [5.74, 6) is -3.39. The molecular weight excluding hydrogens is 388 g/mol. The number of hydrogen-bond donors (Lipinski definition) is 1. The van der Waals surface area contributed by atoms with Crippen molar-refractivity contribution in [2.45, 2.75) is 10.7 Å². The third-order valence-electron chi connectivity index (χ3n) is 2.88. The van der Waals surface area contributed by atoms with E-state index in [4.69, 9.17) is 21.1 Å². The van der Waals surface area contributed by atoms with Crippen molar-refractivity contribution in [3.05, 3.63) is 53.6 Å². The molecule has 2 rings (SSSR count). The molecule has 0 bridgehead atoms. The van der Waals surface area contributed by atoms with Gasteiger partial charge in [-0.3, -0.25) is 4.79 Å². The quantitative estimate of drug-likeness (QED) is 0.530. The summed E-state index contributed by atoms with van der Waals surface area (Å²) >= 11 is 6.19. The molecule has 0 spiro atoms. The topological polar surface area (TPSA) is 64.6 Å². The smallest absolute Gasteiger partial charge is 0.344 e. The van der Waals surface area contributed by atoms with Gasteiger partial charge < -0.3 is 14.8 Å². The van der Waals surface area contributed by atoms with Gasteiger partial charge in [0.2, 0.25) is 0 Å². The molecule has 0 saturated heterocycles. The van der Waals surface area contributed by atoms with Crippen LogP contribution in [0.2, 0.25) is 5.02 Å². The summed E-state index contributed by atoms with van der Waals surface area (Å²) in [5, 5.41) is 2.95. The summed E-state index contributed by atoms with van der Waals surface area (Å²) in [4.78, 5) is 23.7. The molecule has 0 aliphatic rings. The molecule has 26 heavy (non-hydrogen) atoms. The Balaban J connectivity index is 1.71. The van der Waals surface area contributed by atoms with Crippen molar-refractivity contribution in [3.8, 4) is 5.75 Å². The van der Waals surface area contributed by atoms with Gasteiger partial charge in [0.25, 0.3) is 11.7 Å². The van der Waals surface area contributed by atoms with E-state index in [1.165, 1.54) is 30.3 Å². The van der Waals surface area contributed by atoms with Gasteiger partial charge in [0.05, 0.1) is 0 Å². The SMILES string of the molecule is O=C(COC(=O)COc1cccc(Cl)c1)Nc1ccc(SC(F)F)cc1. The predicted molar refractivity (Wildman–Crippen MR) is 94.8 cm³/mol. The van der Waals surface area contributed by atoms with Crippen molar-refractivity contribution in [3.63, 3.8) is 0 Å². The predicted octanol–water partition coefficient (Wildman–Crippen LogP) is 4.22. The highest BCUT2D eigenvalue weighted by Gasteiger charge is 2.10. The third-order valence-corrected chi connectivity index (χ3v) is 3.84. The number of esters is 1. The van der Waals surface area contributed by atoms with Gasteiger partial charge >= 0.3 is 5.97 Å². The number of ether oxygens (including phenoxy) is 2. The van der Waals surface area contributed by atoms with E-state index in [0.717, 1.165) is 0 Å². The van der Waals surface area contributed by atoms with Gasteiger partial charge in [0.1, 0.15) is 5.75 Å². The summed E-state index contributed by atoms with van der Waals surface area (Å²) in [5.41, 5.74) is 0.403. The molecule has 0 aromatic heterocycles. The van der Waals surface area contributed by atoms with Crippen LogP contribution >= 0.6 is 23.4 Å². The fraction of sp³-hybridized carbons (Fsp3) is 0.176. The summed E-state index contributed by atoms with van der Waals surface area (Å²) < 4.78 is 34.4. The Kier molecular flexibility index (Phi) is 7.68. The van der Waals surface area contributed by atoms with Crippen molar-refractivity contribution in [2.75, 3.05) is 18.5 Å². The zero-order valence-electron chi connectivity index (χ0n) is 13.3. The Morgan fingerprint density at radius 1 is 1.12 bits per heavy atom. The molecule has 0 saturated carbocycles. The van der Waals surface area contributed by atoms with Gasteiger partial charge in [-0.15, -0.1) is 0 Å². The lowest BCUT2D eigenvalue weighted by atomic mass is 10.3. The lowest BCUT2D eigenvalue weighted by Gasteiger charge is -2.08. The molecule has 0 unspecified atom stereocenters. The fourth-order valence-corrected chi connectivity index (χ4v) is 2.48. The van der Waals surface area contributed by atoms with Gasteiger partial charge in [-0.25, -0.2) is 4.79 Å². The molecule has 0 heterocycles. The molecule has 9 heteroatoms. The zero-order chi connectivity index (χ0) is 18.9. The van der Waals surface area contributed by atoms with Crippen LogP contribution < -0.4 is 10.1 Å². The van der Waals surface area contributed by atoms with E-state index in [1.807, 2.05) is 0 Å². The number of anilines is 1. The Bertz CT molecular complexity index is 759. The second kappa shape index (κ2) is 9.98. The highest BCUT2D eigenvalue weighted by molar-refractivity contribution is 7.99. The first-order valence-electron chi connectivity index (χ1n) is 7.31. The van der Waals surface area contributed by atoms with Crippen LogP contribution in [0.1, 0.15) is 0 Å². The van der Waals surface area contributed by atoms with Crippen LogP contribution in [0.15, 0.2) is 53.4 Å². The van der Waals surface area contributed by atoms with Crippen LogP contribution in [-0.2, 0) is 14.3 Å². The molecule has 1 amide bonds. The van der Waals surface area contributed by atoms with Crippen LogP contribution in [0.4, 0.5) is 14.5 Å². The van der Waals surface area contributed by atoms with Gasteiger partial charge in [0, 0.05) is 15.6 Å². The van der Waals surface area contributed by atoms with Crippen molar-refractivity contribution >= 4 is 40.9 Å². The van der Waals surface area contributed by atoms with Gasteiger partial charge in [-0.05, 0) is 42.5 Å². The minimum Gasteiger partial charge on any atom is -0.482 e. The van der Waals surface area contributed by atoms with Crippen molar-refractivity contribution in [2.24, 2.45) is 0 Å². The Morgan fingerprint density at radius 3 is 2.50 bits per heavy atom. The maximum Gasteiger partial charge on any atom is 0.344 e. The van der Waals surface area contributed by atoms with Crippen LogP contribution in [0.25, 0.3) is 0 Å². The van der Waals surface area contributed by atoms with Crippen molar-refractivity contribution in [1.29, 1.82) is 0 Å². The van der Waals surface area contributed by atoms with Crippen LogP contribution in [-0.4, -0.2) is 30.8 Å². The number of hydrogen-bond acceptors (Lipinski definition) is 5. The molecular formula is C17H14ClF2NO4S.